The van der Waals surface area contributed by atoms with Crippen LogP contribution in [0.25, 0.3) is 22.2 Å². The molecule has 0 atom stereocenters. The maximum atomic E-state index is 5.51. The Labute approximate surface area is 147 Å². The van der Waals surface area contributed by atoms with Crippen molar-refractivity contribution >= 4 is 16.9 Å². The van der Waals surface area contributed by atoms with Crippen molar-refractivity contribution in [2.45, 2.75) is 6.92 Å². The van der Waals surface area contributed by atoms with Gasteiger partial charge in [-0.2, -0.15) is 0 Å². The van der Waals surface area contributed by atoms with Crippen LogP contribution in [-0.4, -0.2) is 42.9 Å². The van der Waals surface area contributed by atoms with Crippen LogP contribution < -0.4 is 9.64 Å². The highest BCUT2D eigenvalue weighted by Gasteiger charge is 2.13. The summed E-state index contributed by atoms with van der Waals surface area (Å²) >= 11 is 0. The average molecular weight is 335 g/mol. The smallest absolute Gasteiger partial charge is 0.148 e. The molecule has 3 aromatic rings. The van der Waals surface area contributed by atoms with Crippen molar-refractivity contribution in [2.75, 3.05) is 37.8 Å². The molecule has 0 saturated carbocycles. The molecule has 1 saturated heterocycles. The van der Waals surface area contributed by atoms with Gasteiger partial charge in [-0.1, -0.05) is 18.2 Å². The first-order valence-electron chi connectivity index (χ1n) is 8.66. The second-order valence-electron chi connectivity index (χ2n) is 5.99. The van der Waals surface area contributed by atoms with Crippen LogP contribution in [-0.2, 0) is 4.74 Å². The Hall–Kier alpha value is -2.66. The summed E-state index contributed by atoms with van der Waals surface area (Å²) in [5.74, 6) is 1.81. The molecule has 0 aliphatic carbocycles. The minimum Gasteiger partial charge on any atom is -0.494 e. The second kappa shape index (κ2) is 7.07. The van der Waals surface area contributed by atoms with Crippen LogP contribution in [0.5, 0.6) is 5.75 Å². The van der Waals surface area contributed by atoms with Crippen molar-refractivity contribution in [1.29, 1.82) is 0 Å². The van der Waals surface area contributed by atoms with Gasteiger partial charge in [0.15, 0.2) is 0 Å². The van der Waals surface area contributed by atoms with Gasteiger partial charge in [0.2, 0.25) is 0 Å². The van der Waals surface area contributed by atoms with Gasteiger partial charge < -0.3 is 14.4 Å². The third kappa shape index (κ3) is 3.42. The molecule has 4 rings (SSSR count). The monoisotopic (exact) mass is 335 g/mol. The Morgan fingerprint density at radius 3 is 2.52 bits per heavy atom. The molecule has 2 aromatic carbocycles. The van der Waals surface area contributed by atoms with E-state index in [9.17, 15) is 0 Å². The van der Waals surface area contributed by atoms with E-state index in [1.165, 1.54) is 0 Å². The normalized spacial score (nSPS) is 14.7. The van der Waals surface area contributed by atoms with Crippen LogP contribution >= 0.6 is 0 Å². The van der Waals surface area contributed by atoms with Crippen molar-refractivity contribution in [3.8, 4) is 16.9 Å². The Balaban J connectivity index is 1.65. The highest BCUT2D eigenvalue weighted by Crippen LogP contribution is 2.26. The lowest BCUT2D eigenvalue weighted by Gasteiger charge is -2.27. The Morgan fingerprint density at radius 2 is 1.76 bits per heavy atom. The zero-order valence-corrected chi connectivity index (χ0v) is 14.3. The lowest BCUT2D eigenvalue weighted by atomic mass is 10.0. The second-order valence-corrected chi connectivity index (χ2v) is 5.99. The number of fused-ring (bicyclic) bond motifs is 1. The number of anilines is 1. The minimum absolute atomic E-state index is 0.676. The molecule has 5 nitrogen and oxygen atoms in total. The van der Waals surface area contributed by atoms with E-state index >= 15 is 0 Å². The minimum atomic E-state index is 0.676. The molecular formula is C20H21N3O2. The molecule has 0 unspecified atom stereocenters. The van der Waals surface area contributed by atoms with Crippen LogP contribution in [0, 0.1) is 0 Å². The van der Waals surface area contributed by atoms with Crippen molar-refractivity contribution in [2.24, 2.45) is 0 Å². The van der Waals surface area contributed by atoms with Gasteiger partial charge in [-0.3, -0.25) is 4.98 Å². The van der Waals surface area contributed by atoms with E-state index in [2.05, 4.69) is 34.1 Å². The van der Waals surface area contributed by atoms with E-state index in [4.69, 9.17) is 14.5 Å². The van der Waals surface area contributed by atoms with Gasteiger partial charge in [-0.25, -0.2) is 4.98 Å². The molecule has 1 fully saturated rings. The summed E-state index contributed by atoms with van der Waals surface area (Å²) in [6, 6.07) is 14.4. The summed E-state index contributed by atoms with van der Waals surface area (Å²) < 4.78 is 10.9. The third-order valence-electron chi connectivity index (χ3n) is 4.36. The van der Waals surface area contributed by atoms with Crippen LogP contribution in [0.1, 0.15) is 6.92 Å². The maximum absolute atomic E-state index is 5.51. The molecule has 25 heavy (non-hydrogen) atoms. The number of rotatable bonds is 4. The van der Waals surface area contributed by atoms with E-state index in [0.29, 0.717) is 6.61 Å². The predicted octanol–water partition coefficient (Wildman–Crippen LogP) is 3.53. The molecule has 0 radical (unpaired) electrons. The van der Waals surface area contributed by atoms with Gasteiger partial charge >= 0.3 is 0 Å². The average Bonchev–Trinajstić information content (AvgIpc) is 2.69. The van der Waals surface area contributed by atoms with Gasteiger partial charge in [0.05, 0.1) is 37.1 Å². The quantitative estimate of drug-likeness (QED) is 0.730. The number of nitrogens with zero attached hydrogens (tertiary/aromatic N) is 3. The highest BCUT2D eigenvalue weighted by atomic mass is 16.5. The van der Waals surface area contributed by atoms with E-state index in [1.807, 2.05) is 31.3 Å². The van der Waals surface area contributed by atoms with Crippen LogP contribution in [0.15, 0.2) is 48.7 Å². The van der Waals surface area contributed by atoms with E-state index in [0.717, 1.165) is 60.0 Å². The van der Waals surface area contributed by atoms with Crippen molar-refractivity contribution in [1.82, 2.24) is 9.97 Å². The number of aromatic nitrogens is 2. The zero-order valence-electron chi connectivity index (χ0n) is 14.3. The highest BCUT2D eigenvalue weighted by molar-refractivity contribution is 5.82. The van der Waals surface area contributed by atoms with Gasteiger partial charge in [-0.05, 0) is 42.3 Å². The lowest BCUT2D eigenvalue weighted by molar-refractivity contribution is 0.122. The molecule has 1 aliphatic rings. The molecule has 0 spiro atoms. The van der Waals surface area contributed by atoms with E-state index in [-0.39, 0.29) is 0 Å². The molecule has 0 bridgehead atoms. The molecule has 128 valence electrons. The molecule has 0 amide bonds. The number of hydrogen-bond acceptors (Lipinski definition) is 5. The van der Waals surface area contributed by atoms with Crippen LogP contribution in [0.2, 0.25) is 0 Å². The Morgan fingerprint density at radius 1 is 1.00 bits per heavy atom. The molecule has 1 aliphatic heterocycles. The number of morpholine rings is 1. The van der Waals surface area contributed by atoms with E-state index in [1.54, 1.807) is 0 Å². The number of hydrogen-bond donors (Lipinski definition) is 0. The van der Waals surface area contributed by atoms with Gasteiger partial charge in [0.1, 0.15) is 11.6 Å². The standard InChI is InChI=1S/C20H21N3O2/c1-2-25-17-6-3-15(4-7-17)16-5-8-18-19(13-16)22-20(14-21-18)23-9-11-24-12-10-23/h3-8,13-14H,2,9-12H2,1H3. The molecular weight excluding hydrogens is 314 g/mol. The first-order valence-corrected chi connectivity index (χ1v) is 8.66. The summed E-state index contributed by atoms with van der Waals surface area (Å²) in [5, 5.41) is 0. The van der Waals surface area contributed by atoms with Gasteiger partial charge in [0, 0.05) is 13.1 Å². The van der Waals surface area contributed by atoms with Crippen LogP contribution in [0.4, 0.5) is 5.82 Å². The summed E-state index contributed by atoms with van der Waals surface area (Å²) in [6.07, 6.45) is 1.85. The fraction of sp³-hybridized carbons (Fsp3) is 0.300. The maximum Gasteiger partial charge on any atom is 0.148 e. The molecule has 5 heteroatoms. The number of benzene rings is 2. The molecule has 0 N–H and O–H groups in total. The Kier molecular flexibility index (Phi) is 4.48. The lowest BCUT2D eigenvalue weighted by Crippen LogP contribution is -2.36. The number of ether oxygens (including phenoxy) is 2. The SMILES string of the molecule is CCOc1ccc(-c2ccc3ncc(N4CCOCC4)nc3c2)cc1. The Bertz CT molecular complexity index is 858. The predicted molar refractivity (Wildman–Crippen MR) is 99.2 cm³/mol. The summed E-state index contributed by atoms with van der Waals surface area (Å²) in [4.78, 5) is 11.6. The van der Waals surface area contributed by atoms with Crippen LogP contribution in [0.3, 0.4) is 0 Å². The fourth-order valence-corrected chi connectivity index (χ4v) is 3.04. The summed E-state index contributed by atoms with van der Waals surface area (Å²) in [6.45, 7) is 5.87. The van der Waals surface area contributed by atoms with Crippen molar-refractivity contribution in [3.63, 3.8) is 0 Å². The van der Waals surface area contributed by atoms with Crippen molar-refractivity contribution in [3.05, 3.63) is 48.7 Å². The first kappa shape index (κ1) is 15.8. The zero-order chi connectivity index (χ0) is 17.1. The molecule has 2 heterocycles. The van der Waals surface area contributed by atoms with Crippen molar-refractivity contribution < 1.29 is 9.47 Å². The topological polar surface area (TPSA) is 47.5 Å². The summed E-state index contributed by atoms with van der Waals surface area (Å²) in [5.41, 5.74) is 4.09. The summed E-state index contributed by atoms with van der Waals surface area (Å²) in [7, 11) is 0. The third-order valence-corrected chi connectivity index (χ3v) is 4.36. The largest absolute Gasteiger partial charge is 0.494 e. The first-order chi connectivity index (χ1) is 12.3. The molecule has 1 aromatic heterocycles. The van der Waals surface area contributed by atoms with Gasteiger partial charge in [-0.15, -0.1) is 0 Å². The fourth-order valence-electron chi connectivity index (χ4n) is 3.04. The van der Waals surface area contributed by atoms with Gasteiger partial charge in [0.25, 0.3) is 0 Å². The van der Waals surface area contributed by atoms with E-state index < -0.39 is 0 Å².